The number of nitrogens with zero attached hydrogens (tertiary/aromatic N) is 3. The van der Waals surface area contributed by atoms with Crippen molar-refractivity contribution in [3.05, 3.63) is 29.5 Å². The first kappa shape index (κ1) is 6.42. The van der Waals surface area contributed by atoms with Crippen LogP contribution in [0.2, 0.25) is 0 Å². The molecule has 0 saturated carbocycles. The quantitative estimate of drug-likeness (QED) is 0.641. The maximum Gasteiger partial charge on any atom is 0.108 e. The Balaban J connectivity index is 2.46. The molecule has 2 aromatic heterocycles. The van der Waals surface area contributed by atoms with E-state index in [0.29, 0.717) is 0 Å². The van der Waals surface area contributed by atoms with Gasteiger partial charge in [-0.15, -0.1) is 11.3 Å². The lowest BCUT2D eigenvalue weighted by Crippen LogP contribution is -1.82. The third kappa shape index (κ3) is 1.25. The predicted octanol–water partition coefficient (Wildman–Crippen LogP) is 1.60. The molecule has 0 aliphatic heterocycles. The molecule has 0 aliphatic rings. The standard InChI is InChI=1S/C7H5N3S/c1-2-9-6(3-8-1)7-4-11-5-10-7/h1-5H. The van der Waals surface area contributed by atoms with Gasteiger partial charge >= 0.3 is 0 Å². The van der Waals surface area contributed by atoms with Crippen molar-refractivity contribution in [3.8, 4) is 11.4 Å². The van der Waals surface area contributed by atoms with Gasteiger partial charge in [-0.05, 0) is 0 Å². The smallest absolute Gasteiger partial charge is 0.108 e. The van der Waals surface area contributed by atoms with Crippen LogP contribution in [0.1, 0.15) is 0 Å². The van der Waals surface area contributed by atoms with E-state index in [2.05, 4.69) is 15.0 Å². The van der Waals surface area contributed by atoms with E-state index in [1.165, 1.54) is 0 Å². The number of hydrogen-bond donors (Lipinski definition) is 0. The van der Waals surface area contributed by atoms with Crippen LogP contribution in [0.25, 0.3) is 11.4 Å². The summed E-state index contributed by atoms with van der Waals surface area (Å²) in [5.74, 6) is 0. The molecule has 0 aromatic carbocycles. The van der Waals surface area contributed by atoms with Gasteiger partial charge in [0.05, 0.1) is 11.7 Å². The average molecular weight is 163 g/mol. The highest BCUT2D eigenvalue weighted by Gasteiger charge is 1.98. The lowest BCUT2D eigenvalue weighted by molar-refractivity contribution is 1.19. The van der Waals surface area contributed by atoms with E-state index in [0.717, 1.165) is 11.4 Å². The molecule has 0 radical (unpaired) electrons. The molecule has 0 fully saturated rings. The first-order valence-electron chi connectivity index (χ1n) is 3.11. The van der Waals surface area contributed by atoms with E-state index in [4.69, 9.17) is 0 Å². The van der Waals surface area contributed by atoms with Crippen molar-refractivity contribution < 1.29 is 0 Å². The highest BCUT2D eigenvalue weighted by molar-refractivity contribution is 7.07. The van der Waals surface area contributed by atoms with Crippen molar-refractivity contribution in [3.63, 3.8) is 0 Å². The fourth-order valence-corrected chi connectivity index (χ4v) is 1.32. The number of hydrogen-bond acceptors (Lipinski definition) is 4. The van der Waals surface area contributed by atoms with Gasteiger partial charge in [0.25, 0.3) is 0 Å². The summed E-state index contributed by atoms with van der Waals surface area (Å²) in [7, 11) is 0. The Hall–Kier alpha value is -1.29. The predicted molar refractivity (Wildman–Crippen MR) is 43.1 cm³/mol. The number of aromatic nitrogens is 3. The van der Waals surface area contributed by atoms with Crippen LogP contribution in [0.5, 0.6) is 0 Å². The van der Waals surface area contributed by atoms with Gasteiger partial charge in [-0.25, -0.2) is 4.98 Å². The van der Waals surface area contributed by atoms with Crippen LogP contribution in [-0.2, 0) is 0 Å². The van der Waals surface area contributed by atoms with E-state index in [-0.39, 0.29) is 0 Å². The number of thiazole rings is 1. The van der Waals surface area contributed by atoms with Gasteiger partial charge < -0.3 is 0 Å². The van der Waals surface area contributed by atoms with E-state index in [9.17, 15) is 0 Å². The van der Waals surface area contributed by atoms with Crippen LogP contribution in [-0.4, -0.2) is 15.0 Å². The van der Waals surface area contributed by atoms with Crippen molar-refractivity contribution in [2.24, 2.45) is 0 Å². The maximum atomic E-state index is 4.10. The zero-order chi connectivity index (χ0) is 7.52. The largest absolute Gasteiger partial charge is 0.261 e. The van der Waals surface area contributed by atoms with Crippen molar-refractivity contribution >= 4 is 11.3 Å². The summed E-state index contributed by atoms with van der Waals surface area (Å²) in [6.07, 6.45) is 5.01. The molecule has 0 unspecified atom stereocenters. The molecule has 0 atom stereocenters. The third-order valence-electron chi connectivity index (χ3n) is 1.26. The molecule has 3 nitrogen and oxygen atoms in total. The van der Waals surface area contributed by atoms with Crippen LogP contribution in [0.4, 0.5) is 0 Å². The van der Waals surface area contributed by atoms with Crippen LogP contribution < -0.4 is 0 Å². The summed E-state index contributed by atoms with van der Waals surface area (Å²) in [6, 6.07) is 0. The molecule has 2 rings (SSSR count). The summed E-state index contributed by atoms with van der Waals surface area (Å²) < 4.78 is 0. The highest BCUT2D eigenvalue weighted by atomic mass is 32.1. The summed E-state index contributed by atoms with van der Waals surface area (Å²) in [4.78, 5) is 12.1. The summed E-state index contributed by atoms with van der Waals surface area (Å²) in [5.41, 5.74) is 3.50. The van der Waals surface area contributed by atoms with Crippen molar-refractivity contribution in [2.75, 3.05) is 0 Å². The highest BCUT2D eigenvalue weighted by Crippen LogP contribution is 2.13. The van der Waals surface area contributed by atoms with E-state index >= 15 is 0 Å². The SMILES string of the molecule is c1cnc(-c2cscn2)cn1. The van der Waals surface area contributed by atoms with Crippen LogP contribution in [0, 0.1) is 0 Å². The normalized spacial score (nSPS) is 9.82. The van der Waals surface area contributed by atoms with Crippen LogP contribution >= 0.6 is 11.3 Å². The molecular weight excluding hydrogens is 158 g/mol. The molecule has 2 heterocycles. The third-order valence-corrected chi connectivity index (χ3v) is 1.84. The molecule has 0 N–H and O–H groups in total. The van der Waals surface area contributed by atoms with E-state index in [1.54, 1.807) is 35.4 Å². The lowest BCUT2D eigenvalue weighted by atomic mass is 10.4. The Morgan fingerprint density at radius 2 is 2.09 bits per heavy atom. The molecule has 54 valence electrons. The Labute approximate surface area is 67.8 Å². The molecule has 0 amide bonds. The minimum atomic E-state index is 0.828. The molecule has 0 spiro atoms. The summed E-state index contributed by atoms with van der Waals surface area (Å²) in [5, 5.41) is 1.95. The fourth-order valence-electron chi connectivity index (χ4n) is 0.770. The van der Waals surface area contributed by atoms with Crippen molar-refractivity contribution in [1.29, 1.82) is 0 Å². The van der Waals surface area contributed by atoms with Gasteiger partial charge in [-0.3, -0.25) is 9.97 Å². The van der Waals surface area contributed by atoms with Crippen LogP contribution in [0.3, 0.4) is 0 Å². The molecule has 0 aliphatic carbocycles. The second kappa shape index (κ2) is 2.75. The monoisotopic (exact) mass is 163 g/mol. The van der Waals surface area contributed by atoms with E-state index < -0.39 is 0 Å². The van der Waals surface area contributed by atoms with Crippen molar-refractivity contribution in [1.82, 2.24) is 15.0 Å². The molecule has 2 aromatic rings. The Morgan fingerprint density at radius 3 is 2.73 bits per heavy atom. The fraction of sp³-hybridized carbons (Fsp3) is 0. The first-order chi connectivity index (χ1) is 5.47. The number of rotatable bonds is 1. The summed E-state index contributed by atoms with van der Waals surface area (Å²) in [6.45, 7) is 0. The van der Waals surface area contributed by atoms with Gasteiger partial charge in [0.1, 0.15) is 11.4 Å². The molecule has 4 heteroatoms. The van der Waals surface area contributed by atoms with Gasteiger partial charge in [-0.2, -0.15) is 0 Å². The van der Waals surface area contributed by atoms with Crippen molar-refractivity contribution in [2.45, 2.75) is 0 Å². The van der Waals surface area contributed by atoms with Gasteiger partial charge in [0, 0.05) is 17.8 Å². The summed E-state index contributed by atoms with van der Waals surface area (Å²) >= 11 is 1.56. The minimum absolute atomic E-state index is 0.828. The Morgan fingerprint density at radius 1 is 1.09 bits per heavy atom. The first-order valence-corrected chi connectivity index (χ1v) is 4.05. The van der Waals surface area contributed by atoms with Gasteiger partial charge in [-0.1, -0.05) is 0 Å². The Kier molecular flexibility index (Phi) is 1.61. The Bertz CT molecular complexity index is 317. The lowest BCUT2D eigenvalue weighted by Gasteiger charge is -1.90. The average Bonchev–Trinajstić information content (AvgIpc) is 2.58. The maximum absolute atomic E-state index is 4.10. The zero-order valence-electron chi connectivity index (χ0n) is 5.64. The van der Waals surface area contributed by atoms with E-state index in [1.807, 2.05) is 5.38 Å². The molecule has 0 saturated heterocycles. The van der Waals surface area contributed by atoms with Gasteiger partial charge in [0.2, 0.25) is 0 Å². The molecular formula is C7H5N3S. The molecule has 11 heavy (non-hydrogen) atoms. The minimum Gasteiger partial charge on any atom is -0.261 e. The second-order valence-electron chi connectivity index (χ2n) is 1.96. The second-order valence-corrected chi connectivity index (χ2v) is 2.68. The van der Waals surface area contributed by atoms with Gasteiger partial charge in [0.15, 0.2) is 0 Å². The molecule has 0 bridgehead atoms. The van der Waals surface area contributed by atoms with Crippen LogP contribution in [0.15, 0.2) is 29.5 Å². The topological polar surface area (TPSA) is 38.7 Å². The zero-order valence-corrected chi connectivity index (χ0v) is 6.45.